The molecule has 1 aromatic heterocycles. The van der Waals surface area contributed by atoms with Crippen LogP contribution in [0.15, 0.2) is 67.0 Å². The van der Waals surface area contributed by atoms with E-state index in [4.69, 9.17) is 4.74 Å². The molecule has 2 aliphatic rings. The first-order valence-corrected chi connectivity index (χ1v) is 9.39. The zero-order valence-corrected chi connectivity index (χ0v) is 16.0. The van der Waals surface area contributed by atoms with Crippen LogP contribution >= 0.6 is 0 Å². The summed E-state index contributed by atoms with van der Waals surface area (Å²) < 4.78 is 18.9. The van der Waals surface area contributed by atoms with Gasteiger partial charge < -0.3 is 10.1 Å². The van der Waals surface area contributed by atoms with Crippen molar-refractivity contribution >= 4 is 40.2 Å². The van der Waals surface area contributed by atoms with E-state index in [1.54, 1.807) is 30.3 Å². The third kappa shape index (κ3) is 3.14. The van der Waals surface area contributed by atoms with Gasteiger partial charge in [-0.25, -0.2) is 9.29 Å². The fourth-order valence-corrected chi connectivity index (χ4v) is 3.65. The van der Waals surface area contributed by atoms with E-state index in [0.29, 0.717) is 28.3 Å². The van der Waals surface area contributed by atoms with E-state index in [1.807, 2.05) is 0 Å². The van der Waals surface area contributed by atoms with Gasteiger partial charge in [-0.05, 0) is 47.5 Å². The highest BCUT2D eigenvalue weighted by Gasteiger charge is 2.40. The molecule has 0 unspecified atom stereocenters. The lowest BCUT2D eigenvalue weighted by atomic mass is 9.95. The fourth-order valence-electron chi connectivity index (χ4n) is 3.65. The maximum atomic E-state index is 13.5. The van der Waals surface area contributed by atoms with Gasteiger partial charge in [-0.1, -0.05) is 18.2 Å². The van der Waals surface area contributed by atoms with Gasteiger partial charge in [-0.3, -0.25) is 19.4 Å². The SMILES string of the molecule is O=C1COc2ccc(C3=C(c4ccc(F)cc4)C(=O)N(c4ccncc4)C3=O)cc2N1. The van der Waals surface area contributed by atoms with E-state index in [1.165, 1.54) is 36.7 Å². The molecule has 31 heavy (non-hydrogen) atoms. The fraction of sp³-hybridized carbons (Fsp3) is 0.0435. The Morgan fingerprint density at radius 2 is 1.52 bits per heavy atom. The molecular weight excluding hydrogens is 401 g/mol. The molecule has 2 aliphatic heterocycles. The molecule has 152 valence electrons. The molecule has 1 N–H and O–H groups in total. The molecule has 0 aliphatic carbocycles. The van der Waals surface area contributed by atoms with Gasteiger partial charge in [0.25, 0.3) is 17.7 Å². The van der Waals surface area contributed by atoms with Gasteiger partial charge in [0.05, 0.1) is 22.5 Å². The Kier molecular flexibility index (Phi) is 4.32. The molecule has 0 atom stereocenters. The number of nitrogens with zero attached hydrogens (tertiary/aromatic N) is 2. The van der Waals surface area contributed by atoms with Crippen LogP contribution < -0.4 is 15.0 Å². The summed E-state index contributed by atoms with van der Waals surface area (Å²) in [6.07, 6.45) is 2.97. The van der Waals surface area contributed by atoms with Crippen LogP contribution in [-0.2, 0) is 14.4 Å². The van der Waals surface area contributed by atoms with Crippen molar-refractivity contribution in [3.8, 4) is 5.75 Å². The summed E-state index contributed by atoms with van der Waals surface area (Å²) >= 11 is 0. The lowest BCUT2D eigenvalue weighted by Gasteiger charge is -2.19. The van der Waals surface area contributed by atoms with Crippen molar-refractivity contribution in [2.45, 2.75) is 0 Å². The monoisotopic (exact) mass is 415 g/mol. The van der Waals surface area contributed by atoms with E-state index in [0.717, 1.165) is 4.90 Å². The summed E-state index contributed by atoms with van der Waals surface area (Å²) in [6.45, 7) is -0.0941. The maximum absolute atomic E-state index is 13.5. The third-order valence-electron chi connectivity index (χ3n) is 5.04. The molecule has 2 aromatic carbocycles. The Morgan fingerprint density at radius 1 is 0.871 bits per heavy atom. The van der Waals surface area contributed by atoms with Crippen molar-refractivity contribution in [2.75, 3.05) is 16.8 Å². The number of fused-ring (bicyclic) bond motifs is 1. The number of halogens is 1. The van der Waals surface area contributed by atoms with E-state index in [2.05, 4.69) is 10.3 Å². The predicted molar refractivity (Wildman–Crippen MR) is 111 cm³/mol. The molecule has 8 heteroatoms. The summed E-state index contributed by atoms with van der Waals surface area (Å²) in [6, 6.07) is 13.4. The van der Waals surface area contributed by atoms with Crippen LogP contribution in [0.3, 0.4) is 0 Å². The second-order valence-corrected chi connectivity index (χ2v) is 6.96. The van der Waals surface area contributed by atoms with Gasteiger partial charge in [0.15, 0.2) is 6.61 Å². The van der Waals surface area contributed by atoms with Crippen LogP contribution in [0, 0.1) is 5.82 Å². The number of aromatic nitrogens is 1. The van der Waals surface area contributed by atoms with Gasteiger partial charge in [0.1, 0.15) is 11.6 Å². The van der Waals surface area contributed by atoms with Gasteiger partial charge in [-0.15, -0.1) is 0 Å². The number of pyridine rings is 1. The molecule has 3 aromatic rings. The number of amides is 3. The molecule has 3 heterocycles. The van der Waals surface area contributed by atoms with Gasteiger partial charge in [-0.2, -0.15) is 0 Å². The highest BCUT2D eigenvalue weighted by atomic mass is 19.1. The first kappa shape index (κ1) is 18.7. The summed E-state index contributed by atoms with van der Waals surface area (Å²) in [5.41, 5.74) is 1.90. The van der Waals surface area contributed by atoms with Crippen LogP contribution in [0.5, 0.6) is 5.75 Å². The topological polar surface area (TPSA) is 88.6 Å². The number of hydrogen-bond donors (Lipinski definition) is 1. The Labute approximate surface area is 175 Å². The zero-order chi connectivity index (χ0) is 21.5. The van der Waals surface area contributed by atoms with Crippen molar-refractivity contribution in [2.24, 2.45) is 0 Å². The molecule has 3 amide bonds. The van der Waals surface area contributed by atoms with E-state index in [-0.39, 0.29) is 23.7 Å². The number of carbonyl (C=O) groups excluding carboxylic acids is 3. The Bertz CT molecular complexity index is 1270. The average molecular weight is 415 g/mol. The number of carbonyl (C=O) groups is 3. The zero-order valence-electron chi connectivity index (χ0n) is 16.0. The normalized spacial score (nSPS) is 15.6. The van der Waals surface area contributed by atoms with Crippen molar-refractivity contribution in [1.29, 1.82) is 0 Å². The summed E-state index contributed by atoms with van der Waals surface area (Å²) in [5, 5.41) is 2.70. The number of imide groups is 1. The molecule has 0 saturated heterocycles. The number of nitrogens with one attached hydrogen (secondary N) is 1. The highest BCUT2D eigenvalue weighted by molar-refractivity contribution is 6.57. The van der Waals surface area contributed by atoms with Gasteiger partial charge in [0, 0.05) is 12.4 Å². The van der Waals surface area contributed by atoms with Gasteiger partial charge in [0.2, 0.25) is 0 Å². The van der Waals surface area contributed by atoms with Crippen LogP contribution in [0.4, 0.5) is 15.8 Å². The number of rotatable bonds is 3. The second kappa shape index (κ2) is 7.17. The van der Waals surface area contributed by atoms with Crippen molar-refractivity contribution in [1.82, 2.24) is 4.98 Å². The van der Waals surface area contributed by atoms with Crippen LogP contribution in [0.25, 0.3) is 11.1 Å². The van der Waals surface area contributed by atoms with E-state index < -0.39 is 17.6 Å². The average Bonchev–Trinajstić information content (AvgIpc) is 3.04. The minimum atomic E-state index is -0.532. The summed E-state index contributed by atoms with van der Waals surface area (Å²) in [7, 11) is 0. The maximum Gasteiger partial charge on any atom is 0.266 e. The smallest absolute Gasteiger partial charge is 0.266 e. The summed E-state index contributed by atoms with van der Waals surface area (Å²) in [4.78, 5) is 43.5. The minimum Gasteiger partial charge on any atom is -0.482 e. The largest absolute Gasteiger partial charge is 0.482 e. The summed E-state index contributed by atoms with van der Waals surface area (Å²) in [5.74, 6) is -1.36. The second-order valence-electron chi connectivity index (χ2n) is 6.96. The highest BCUT2D eigenvalue weighted by Crippen LogP contribution is 2.40. The molecule has 5 rings (SSSR count). The Balaban J connectivity index is 1.69. The molecular formula is C23H14FN3O4. The van der Waals surface area contributed by atoms with E-state index >= 15 is 0 Å². The first-order valence-electron chi connectivity index (χ1n) is 9.39. The Hall–Kier alpha value is -4.33. The lowest BCUT2D eigenvalue weighted by molar-refractivity contribution is -0.120. The molecule has 0 radical (unpaired) electrons. The predicted octanol–water partition coefficient (Wildman–Crippen LogP) is 3.04. The molecule has 0 fully saturated rings. The first-order chi connectivity index (χ1) is 15.0. The molecule has 7 nitrogen and oxygen atoms in total. The standard InChI is InChI=1S/C23H14FN3O4/c24-15-4-1-13(2-5-15)20-21(14-3-6-18-17(11-14)26-19(28)12-31-18)23(30)27(22(20)29)16-7-9-25-10-8-16/h1-11H,12H2,(H,26,28). The van der Waals surface area contributed by atoms with E-state index in [9.17, 15) is 18.8 Å². The Morgan fingerprint density at radius 3 is 2.23 bits per heavy atom. The van der Waals surface area contributed by atoms with Crippen LogP contribution in [0.1, 0.15) is 11.1 Å². The van der Waals surface area contributed by atoms with Crippen LogP contribution in [0.2, 0.25) is 0 Å². The number of anilines is 2. The molecule has 0 bridgehead atoms. The minimum absolute atomic E-state index is 0.0941. The van der Waals surface area contributed by atoms with Crippen molar-refractivity contribution in [3.05, 3.63) is 83.9 Å². The van der Waals surface area contributed by atoms with Crippen LogP contribution in [-0.4, -0.2) is 29.3 Å². The van der Waals surface area contributed by atoms with Crippen molar-refractivity contribution < 1.29 is 23.5 Å². The van der Waals surface area contributed by atoms with Gasteiger partial charge >= 0.3 is 0 Å². The third-order valence-corrected chi connectivity index (χ3v) is 5.04. The molecule has 0 saturated carbocycles. The molecule has 0 spiro atoms. The number of ether oxygens (including phenoxy) is 1. The van der Waals surface area contributed by atoms with Crippen molar-refractivity contribution in [3.63, 3.8) is 0 Å². The quantitative estimate of drug-likeness (QED) is 0.665. The number of hydrogen-bond acceptors (Lipinski definition) is 5. The lowest BCUT2D eigenvalue weighted by Crippen LogP contribution is -2.31. The number of benzene rings is 2.